The summed E-state index contributed by atoms with van der Waals surface area (Å²) in [6.07, 6.45) is 0. The normalized spacial score (nSPS) is 11.5. The molecule has 0 spiro atoms. The summed E-state index contributed by atoms with van der Waals surface area (Å²) in [7, 11) is 0. The number of hydrogen-bond donors (Lipinski definition) is 2. The van der Waals surface area contributed by atoms with Gasteiger partial charge in [-0.2, -0.15) is 0 Å². The molecule has 0 saturated heterocycles. The van der Waals surface area contributed by atoms with Crippen LogP contribution in [0.2, 0.25) is 0 Å². The van der Waals surface area contributed by atoms with Crippen LogP contribution in [0.3, 0.4) is 0 Å². The van der Waals surface area contributed by atoms with Crippen molar-refractivity contribution < 1.29 is 14.3 Å². The van der Waals surface area contributed by atoms with E-state index in [-0.39, 0.29) is 17.9 Å². The van der Waals surface area contributed by atoms with Gasteiger partial charge in [0.25, 0.3) is 5.91 Å². The number of nitrogens with two attached hydrogens (primary N) is 1. The summed E-state index contributed by atoms with van der Waals surface area (Å²) in [4.78, 5) is 24.5. The van der Waals surface area contributed by atoms with E-state index < -0.39 is 5.91 Å². The van der Waals surface area contributed by atoms with Crippen molar-refractivity contribution in [3.8, 4) is 0 Å². The molecule has 0 bridgehead atoms. The molecule has 1 heterocycles. The van der Waals surface area contributed by atoms with E-state index in [4.69, 9.17) is 10.5 Å². The van der Waals surface area contributed by atoms with Gasteiger partial charge in [-0.15, -0.1) is 0 Å². The van der Waals surface area contributed by atoms with Crippen molar-refractivity contribution in [1.82, 2.24) is 4.57 Å². The minimum Gasteiger partial charge on any atom is -0.367 e. The van der Waals surface area contributed by atoms with Crippen molar-refractivity contribution in [3.05, 3.63) is 101 Å². The summed E-state index contributed by atoms with van der Waals surface area (Å²) >= 11 is 0. The smallest absolute Gasteiger partial charge is 0.265 e. The molecule has 2 amide bonds. The summed E-state index contributed by atoms with van der Waals surface area (Å²) < 4.78 is 7.43. The molecule has 0 aliphatic heterocycles. The Balaban J connectivity index is 1.48. The number of hydrogen-bond acceptors (Lipinski definition) is 3. The van der Waals surface area contributed by atoms with Crippen molar-refractivity contribution in [1.29, 1.82) is 0 Å². The number of aromatic nitrogens is 1. The van der Waals surface area contributed by atoms with Gasteiger partial charge in [-0.25, -0.2) is 0 Å². The third kappa shape index (κ3) is 5.97. The van der Waals surface area contributed by atoms with Crippen molar-refractivity contribution in [3.63, 3.8) is 0 Å². The molecule has 0 aliphatic carbocycles. The van der Waals surface area contributed by atoms with Crippen LogP contribution in [0.25, 0.3) is 10.9 Å². The van der Waals surface area contributed by atoms with Gasteiger partial charge in [0.1, 0.15) is 12.3 Å². The monoisotopic (exact) mass is 469 g/mol. The van der Waals surface area contributed by atoms with Gasteiger partial charge in [-0.05, 0) is 46.4 Å². The summed E-state index contributed by atoms with van der Waals surface area (Å²) in [5.41, 5.74) is 11.0. The van der Waals surface area contributed by atoms with Crippen LogP contribution in [0.5, 0.6) is 0 Å². The molecule has 0 aliphatic rings. The van der Waals surface area contributed by atoms with Crippen molar-refractivity contribution in [2.75, 3.05) is 11.9 Å². The van der Waals surface area contributed by atoms with E-state index in [1.165, 1.54) is 5.56 Å². The Labute approximate surface area is 205 Å². The van der Waals surface area contributed by atoms with E-state index in [0.717, 1.165) is 22.0 Å². The molecule has 0 atom stereocenters. The fourth-order valence-corrected chi connectivity index (χ4v) is 4.05. The number of carbonyl (C=O) groups is 2. The third-order valence-corrected chi connectivity index (χ3v) is 5.94. The lowest BCUT2D eigenvalue weighted by Crippen LogP contribution is -2.18. The van der Waals surface area contributed by atoms with Gasteiger partial charge in [0.15, 0.2) is 0 Å². The van der Waals surface area contributed by atoms with E-state index in [0.29, 0.717) is 24.5 Å². The Kier molecular flexibility index (Phi) is 7.03. The molecular formula is C29H31N3O3. The molecule has 0 unspecified atom stereocenters. The Morgan fingerprint density at radius 3 is 2.29 bits per heavy atom. The molecule has 1 aromatic heterocycles. The van der Waals surface area contributed by atoms with Crippen LogP contribution in [0.4, 0.5) is 5.69 Å². The molecule has 3 N–H and O–H groups in total. The van der Waals surface area contributed by atoms with Crippen LogP contribution < -0.4 is 11.1 Å². The number of fused-ring (bicyclic) bond motifs is 1. The highest BCUT2D eigenvalue weighted by Crippen LogP contribution is 2.26. The van der Waals surface area contributed by atoms with E-state index in [1.54, 1.807) is 6.07 Å². The maximum absolute atomic E-state index is 12.3. The highest BCUT2D eigenvalue weighted by molar-refractivity contribution is 6.00. The first-order valence-corrected chi connectivity index (χ1v) is 11.6. The highest BCUT2D eigenvalue weighted by atomic mass is 16.5. The number of rotatable bonds is 8. The number of ether oxygens (including phenoxy) is 1. The highest BCUT2D eigenvalue weighted by Gasteiger charge is 2.16. The number of anilines is 1. The Hall–Kier alpha value is -3.90. The lowest BCUT2D eigenvalue weighted by Gasteiger charge is -2.19. The predicted molar refractivity (Wildman–Crippen MR) is 139 cm³/mol. The molecule has 0 fully saturated rings. The fourth-order valence-electron chi connectivity index (χ4n) is 4.05. The van der Waals surface area contributed by atoms with Gasteiger partial charge in [0.05, 0.1) is 6.61 Å². The zero-order chi connectivity index (χ0) is 25.0. The molecule has 180 valence electrons. The lowest BCUT2D eigenvalue weighted by molar-refractivity contribution is -0.121. The second kappa shape index (κ2) is 10.2. The molecule has 4 rings (SSSR count). The van der Waals surface area contributed by atoms with E-state index in [2.05, 4.69) is 50.4 Å². The average Bonchev–Trinajstić information content (AvgIpc) is 3.17. The first kappa shape index (κ1) is 24.2. The summed E-state index contributed by atoms with van der Waals surface area (Å²) in [6, 6.07) is 25.4. The maximum Gasteiger partial charge on any atom is 0.265 e. The van der Waals surface area contributed by atoms with Crippen molar-refractivity contribution >= 4 is 28.4 Å². The zero-order valence-corrected chi connectivity index (χ0v) is 20.4. The van der Waals surface area contributed by atoms with Gasteiger partial charge >= 0.3 is 0 Å². The summed E-state index contributed by atoms with van der Waals surface area (Å²) in [5.74, 6) is -0.735. The molecule has 35 heavy (non-hydrogen) atoms. The van der Waals surface area contributed by atoms with E-state index >= 15 is 0 Å². The number of benzene rings is 3. The molecule has 4 aromatic rings. The second-order valence-corrected chi connectivity index (χ2v) is 9.73. The number of nitrogens with zero attached hydrogens (tertiary/aromatic N) is 1. The first-order valence-electron chi connectivity index (χ1n) is 11.6. The number of nitrogens with one attached hydrogen (secondary N) is 1. The molecule has 0 saturated carbocycles. The second-order valence-electron chi connectivity index (χ2n) is 9.73. The quantitative estimate of drug-likeness (QED) is 0.370. The lowest BCUT2D eigenvalue weighted by atomic mass is 9.87. The Bertz CT molecular complexity index is 1330. The molecule has 6 nitrogen and oxygen atoms in total. The van der Waals surface area contributed by atoms with Crippen LogP contribution in [-0.2, 0) is 28.1 Å². The van der Waals surface area contributed by atoms with Crippen LogP contribution >= 0.6 is 0 Å². The molecule has 6 heteroatoms. The molecular weight excluding hydrogens is 438 g/mol. The van der Waals surface area contributed by atoms with Gasteiger partial charge in [0, 0.05) is 23.1 Å². The first-order chi connectivity index (χ1) is 16.7. The van der Waals surface area contributed by atoms with Gasteiger partial charge in [0.2, 0.25) is 5.91 Å². The number of carbonyl (C=O) groups excluding carboxylic acids is 2. The largest absolute Gasteiger partial charge is 0.367 e. The minimum atomic E-state index is -0.493. The van der Waals surface area contributed by atoms with Gasteiger partial charge < -0.3 is 20.4 Å². The third-order valence-electron chi connectivity index (χ3n) is 5.94. The topological polar surface area (TPSA) is 86.4 Å². The fraction of sp³-hybridized carbons (Fsp3) is 0.241. The van der Waals surface area contributed by atoms with Crippen LogP contribution in [0.1, 0.15) is 48.0 Å². The van der Waals surface area contributed by atoms with E-state index in [1.807, 2.05) is 53.1 Å². The van der Waals surface area contributed by atoms with Crippen molar-refractivity contribution in [2.45, 2.75) is 39.3 Å². The molecule has 3 aromatic carbocycles. The van der Waals surface area contributed by atoms with Crippen LogP contribution in [0, 0.1) is 0 Å². The van der Waals surface area contributed by atoms with Gasteiger partial charge in [-0.1, -0.05) is 75.4 Å². The SMILES string of the molecule is CC(C)(C)c1ccc(Cn2c(C(N)=O)cc3cc(NC(=O)COCc4ccccc4)ccc32)cc1. The Morgan fingerprint density at radius 1 is 0.914 bits per heavy atom. The maximum atomic E-state index is 12.3. The van der Waals surface area contributed by atoms with E-state index in [9.17, 15) is 9.59 Å². The minimum absolute atomic E-state index is 0.0506. The van der Waals surface area contributed by atoms with Crippen LogP contribution in [-0.4, -0.2) is 23.0 Å². The average molecular weight is 470 g/mol. The number of amides is 2. The van der Waals surface area contributed by atoms with Crippen LogP contribution in [0.15, 0.2) is 78.9 Å². The molecule has 0 radical (unpaired) electrons. The van der Waals surface area contributed by atoms with Crippen molar-refractivity contribution in [2.24, 2.45) is 5.73 Å². The zero-order valence-electron chi connectivity index (χ0n) is 20.4. The number of primary amides is 1. The summed E-state index contributed by atoms with van der Waals surface area (Å²) in [5, 5.41) is 3.69. The summed E-state index contributed by atoms with van der Waals surface area (Å²) in [6.45, 7) is 7.38. The predicted octanol–water partition coefficient (Wildman–Crippen LogP) is 5.24. The Morgan fingerprint density at radius 2 is 1.63 bits per heavy atom. The standard InChI is InChI=1S/C29H31N3O3/c1-29(2,3)23-11-9-20(10-12-23)17-32-25-14-13-24(15-22(25)16-26(32)28(30)34)31-27(33)19-35-18-21-7-5-4-6-8-21/h4-16H,17-19H2,1-3H3,(H2,30,34)(H,31,33). The van der Waals surface area contributed by atoms with Gasteiger partial charge in [-0.3, -0.25) is 9.59 Å².